The van der Waals surface area contributed by atoms with Crippen LogP contribution in [0, 0.1) is 5.92 Å². The van der Waals surface area contributed by atoms with E-state index in [1.807, 2.05) is 0 Å². The summed E-state index contributed by atoms with van der Waals surface area (Å²) >= 11 is 0. The summed E-state index contributed by atoms with van der Waals surface area (Å²) in [5.41, 5.74) is 0. The monoisotopic (exact) mass is 653 g/mol. The molecule has 0 aliphatic carbocycles. The zero-order valence-corrected chi connectivity index (χ0v) is 30.1. The molecule has 6 aromatic carbocycles. The fraction of sp³-hybridized carbons (Fsp3) is 0.182. The van der Waals surface area contributed by atoms with Crippen LogP contribution in [0.15, 0.2) is 182 Å². The summed E-state index contributed by atoms with van der Waals surface area (Å²) in [5.74, 6) is 0.896. The Morgan fingerprint density at radius 1 is 0.404 bits per heavy atom. The fourth-order valence-electron chi connectivity index (χ4n) is 5.04. The van der Waals surface area contributed by atoms with E-state index >= 15 is 0 Å². The van der Waals surface area contributed by atoms with E-state index in [1.54, 1.807) is 0 Å². The molecule has 0 aromatic heterocycles. The molecule has 47 heavy (non-hydrogen) atoms. The van der Waals surface area contributed by atoms with Crippen molar-refractivity contribution in [2.45, 2.75) is 26.7 Å². The summed E-state index contributed by atoms with van der Waals surface area (Å²) < 4.78 is 0. The van der Waals surface area contributed by atoms with E-state index in [0.717, 1.165) is 5.92 Å². The van der Waals surface area contributed by atoms with Gasteiger partial charge in [-0.1, -0.05) is 202 Å². The van der Waals surface area contributed by atoms with Gasteiger partial charge in [-0.25, -0.2) is 0 Å². The van der Waals surface area contributed by atoms with Crippen molar-refractivity contribution in [2.24, 2.45) is 5.92 Å². The predicted molar refractivity (Wildman–Crippen MR) is 213 cm³/mol. The summed E-state index contributed by atoms with van der Waals surface area (Å²) in [7, 11) is 3.36. The lowest BCUT2D eigenvalue weighted by molar-refractivity contribution is 0.356. The van der Waals surface area contributed by atoms with Crippen molar-refractivity contribution in [3.05, 3.63) is 182 Å². The van der Waals surface area contributed by atoms with E-state index in [0.29, 0.717) is 0 Å². The van der Waals surface area contributed by atoms with Crippen LogP contribution in [0.25, 0.3) is 0 Å². The van der Waals surface area contributed by atoms with Gasteiger partial charge in [0.05, 0.1) is 0 Å². The summed E-state index contributed by atoms with van der Waals surface area (Å²) in [5, 5.41) is 8.39. The van der Waals surface area contributed by atoms with Crippen LogP contribution in [0.3, 0.4) is 0 Å². The van der Waals surface area contributed by atoms with Crippen molar-refractivity contribution in [3.63, 3.8) is 0 Å². The van der Waals surface area contributed by atoms with E-state index in [1.165, 1.54) is 51.2 Å². The van der Waals surface area contributed by atoms with E-state index in [-0.39, 0.29) is 0 Å². The Bertz CT molecular complexity index is 1320. The summed E-state index contributed by atoms with van der Waals surface area (Å²) in [6, 6.07) is 64.7. The molecule has 1 nitrogen and oxygen atoms in total. The first-order chi connectivity index (χ1) is 23.1. The molecule has 0 radical (unpaired) electrons. The number of hydrogen-bond donors (Lipinski definition) is 0. The van der Waals surface area contributed by atoms with Crippen LogP contribution in [0.2, 0.25) is 0 Å². The van der Waals surface area contributed by atoms with Gasteiger partial charge in [0, 0.05) is 0 Å². The second-order valence-corrected chi connectivity index (χ2v) is 16.2. The molecule has 0 fully saturated rings. The lowest BCUT2D eigenvalue weighted by Crippen LogP contribution is -2.20. The Labute approximate surface area is 286 Å². The minimum absolute atomic E-state index is 0.446. The number of benzene rings is 6. The third-order valence-corrected chi connectivity index (χ3v) is 12.7. The quantitative estimate of drug-likeness (QED) is 0.134. The van der Waals surface area contributed by atoms with E-state index in [9.17, 15) is 0 Å². The molecule has 0 N–H and O–H groups in total. The maximum Gasteiger partial charge on any atom is -0.00223 e. The fourth-order valence-corrected chi connectivity index (χ4v) is 9.65. The maximum atomic E-state index is 2.31. The van der Waals surface area contributed by atoms with E-state index in [2.05, 4.69) is 215 Å². The second-order valence-electron chi connectivity index (χ2n) is 11.8. The molecule has 6 aromatic rings. The molecule has 0 aliphatic heterocycles. The highest BCUT2D eigenvalue weighted by Gasteiger charge is 2.16. The van der Waals surface area contributed by atoms with Gasteiger partial charge in [-0.3, -0.25) is 0 Å². The summed E-state index contributed by atoms with van der Waals surface area (Å²) in [4.78, 5) is 2.24. The second kappa shape index (κ2) is 20.4. The van der Waals surface area contributed by atoms with Gasteiger partial charge in [0.2, 0.25) is 0 Å². The molecule has 0 heterocycles. The van der Waals surface area contributed by atoms with Crippen LogP contribution in [-0.2, 0) is 0 Å². The van der Waals surface area contributed by atoms with Gasteiger partial charge in [0.1, 0.15) is 0 Å². The molecule has 0 saturated carbocycles. The minimum Gasteiger partial charge on any atom is -0.309 e. The molecule has 0 aliphatic rings. The van der Waals surface area contributed by atoms with Gasteiger partial charge in [0.15, 0.2) is 0 Å². The topological polar surface area (TPSA) is 3.24 Å². The molecule has 0 bridgehead atoms. The highest BCUT2D eigenvalue weighted by Crippen LogP contribution is 2.33. The summed E-state index contributed by atoms with van der Waals surface area (Å²) in [6.07, 6.45) is 2.65. The minimum atomic E-state index is -0.446. The Kier molecular flexibility index (Phi) is 15.6. The molecular weight excluding hydrogens is 604 g/mol. The zero-order chi connectivity index (χ0) is 33.1. The van der Waals surface area contributed by atoms with E-state index in [4.69, 9.17) is 0 Å². The average molecular weight is 654 g/mol. The third-order valence-electron chi connectivity index (χ3n) is 7.85. The normalized spacial score (nSPS) is 11.3. The van der Waals surface area contributed by atoms with Crippen LogP contribution in [0.1, 0.15) is 26.7 Å². The number of nitrogens with zero attached hydrogens (tertiary/aromatic N) is 1. The van der Waals surface area contributed by atoms with Crippen LogP contribution in [0.5, 0.6) is 0 Å². The van der Waals surface area contributed by atoms with Crippen LogP contribution >= 0.6 is 15.8 Å². The van der Waals surface area contributed by atoms with E-state index < -0.39 is 15.8 Å². The standard InChI is InChI=1S/2C18H15P.C8H19N/c2*1-4-10-16(11-5-1)19(17-12-6-2-7-13-17)18-14-8-3-9-15-18;1-5-8(2)6-7-9(3)4/h2*1-15H;8H,5-7H2,1-4H3. The molecule has 0 spiro atoms. The van der Waals surface area contributed by atoms with Gasteiger partial charge in [0.25, 0.3) is 0 Å². The highest BCUT2D eigenvalue weighted by molar-refractivity contribution is 7.80. The van der Waals surface area contributed by atoms with Crippen molar-refractivity contribution >= 4 is 47.7 Å². The molecule has 1 unspecified atom stereocenters. The lowest BCUT2D eigenvalue weighted by atomic mass is 10.1. The van der Waals surface area contributed by atoms with Crippen molar-refractivity contribution in [1.29, 1.82) is 0 Å². The molecule has 3 heteroatoms. The highest BCUT2D eigenvalue weighted by atomic mass is 31.1. The first kappa shape index (κ1) is 36.0. The maximum absolute atomic E-state index is 2.31. The molecule has 0 saturated heterocycles. The van der Waals surface area contributed by atoms with Gasteiger partial charge in [-0.05, 0) is 80.6 Å². The van der Waals surface area contributed by atoms with Crippen molar-refractivity contribution in [3.8, 4) is 0 Å². The molecule has 1 atom stereocenters. The molecular formula is C44H49NP2. The van der Waals surface area contributed by atoms with Crippen molar-refractivity contribution in [1.82, 2.24) is 4.90 Å². The van der Waals surface area contributed by atoms with Crippen LogP contribution in [0.4, 0.5) is 0 Å². The largest absolute Gasteiger partial charge is 0.309 e. The van der Waals surface area contributed by atoms with Gasteiger partial charge in [-0.2, -0.15) is 0 Å². The number of hydrogen-bond acceptors (Lipinski definition) is 1. The molecule has 6 rings (SSSR count). The molecule has 240 valence electrons. The Morgan fingerprint density at radius 3 is 0.787 bits per heavy atom. The first-order valence-electron chi connectivity index (χ1n) is 16.6. The zero-order valence-electron chi connectivity index (χ0n) is 28.4. The Hall–Kier alpha value is -3.86. The smallest absolute Gasteiger partial charge is 0.00223 e. The first-order valence-corrected chi connectivity index (χ1v) is 19.3. The SMILES string of the molecule is CCC(C)CCN(C)C.c1ccc(P(c2ccccc2)c2ccccc2)cc1.c1ccc(P(c2ccccc2)c2ccccc2)cc1. The van der Waals surface area contributed by atoms with Gasteiger partial charge in [-0.15, -0.1) is 0 Å². The Balaban J connectivity index is 0.000000171. The number of rotatable bonds is 10. The van der Waals surface area contributed by atoms with Gasteiger partial charge < -0.3 is 4.90 Å². The van der Waals surface area contributed by atoms with Crippen molar-refractivity contribution in [2.75, 3.05) is 20.6 Å². The summed E-state index contributed by atoms with van der Waals surface area (Å²) in [6.45, 7) is 5.79. The predicted octanol–water partition coefficient (Wildman–Crippen LogP) is 8.87. The van der Waals surface area contributed by atoms with Crippen LogP contribution < -0.4 is 31.8 Å². The Morgan fingerprint density at radius 2 is 0.617 bits per heavy atom. The molecule has 0 amide bonds. The third kappa shape index (κ3) is 12.0. The van der Waals surface area contributed by atoms with Crippen molar-refractivity contribution < 1.29 is 0 Å². The van der Waals surface area contributed by atoms with Crippen LogP contribution in [-0.4, -0.2) is 25.5 Å². The lowest BCUT2D eigenvalue weighted by Gasteiger charge is -2.18. The van der Waals surface area contributed by atoms with Gasteiger partial charge >= 0.3 is 0 Å². The average Bonchev–Trinajstić information content (AvgIpc) is 3.14.